The SMILES string of the molecule is O=C(NC1CC1)C(SC1CCCCC1)c1ccccc1. The minimum absolute atomic E-state index is 0.0279. The zero-order valence-corrected chi connectivity index (χ0v) is 12.7. The molecule has 2 saturated carbocycles. The molecule has 1 aromatic carbocycles. The molecule has 0 aromatic heterocycles. The third-order valence-electron chi connectivity index (χ3n) is 4.14. The molecule has 2 aliphatic carbocycles. The topological polar surface area (TPSA) is 29.1 Å². The molecule has 0 radical (unpaired) electrons. The molecule has 1 aromatic rings. The van der Waals surface area contributed by atoms with Crippen molar-refractivity contribution in [1.82, 2.24) is 5.32 Å². The van der Waals surface area contributed by atoms with Gasteiger partial charge in [-0.25, -0.2) is 0 Å². The summed E-state index contributed by atoms with van der Waals surface area (Å²) in [5.74, 6) is 0.217. The summed E-state index contributed by atoms with van der Waals surface area (Å²) in [7, 11) is 0. The summed E-state index contributed by atoms with van der Waals surface area (Å²) in [6.07, 6.45) is 8.85. The van der Waals surface area contributed by atoms with Crippen LogP contribution in [0, 0.1) is 0 Å². The van der Waals surface area contributed by atoms with Crippen LogP contribution in [-0.4, -0.2) is 17.2 Å². The monoisotopic (exact) mass is 289 g/mol. The zero-order valence-electron chi connectivity index (χ0n) is 11.9. The molecule has 108 valence electrons. The first-order valence-corrected chi connectivity index (χ1v) is 8.78. The molecule has 0 heterocycles. The Morgan fingerprint density at radius 2 is 1.75 bits per heavy atom. The molecule has 0 saturated heterocycles. The second kappa shape index (κ2) is 6.66. The third-order valence-corrected chi connectivity index (χ3v) is 5.76. The Labute approximate surface area is 125 Å². The summed E-state index contributed by atoms with van der Waals surface area (Å²) in [4.78, 5) is 12.5. The fourth-order valence-corrected chi connectivity index (χ4v) is 4.31. The third kappa shape index (κ3) is 3.78. The van der Waals surface area contributed by atoms with Crippen molar-refractivity contribution in [2.75, 3.05) is 0 Å². The van der Waals surface area contributed by atoms with E-state index in [-0.39, 0.29) is 11.2 Å². The second-order valence-corrected chi connectivity index (χ2v) is 7.38. The van der Waals surface area contributed by atoms with Crippen LogP contribution in [0.5, 0.6) is 0 Å². The van der Waals surface area contributed by atoms with Crippen molar-refractivity contribution in [2.24, 2.45) is 0 Å². The molecule has 1 unspecified atom stereocenters. The lowest BCUT2D eigenvalue weighted by atomic mass is 10.0. The number of carbonyl (C=O) groups excluding carboxylic acids is 1. The fraction of sp³-hybridized carbons (Fsp3) is 0.588. The number of carbonyl (C=O) groups is 1. The molecule has 0 bridgehead atoms. The highest BCUT2D eigenvalue weighted by Crippen LogP contribution is 2.39. The van der Waals surface area contributed by atoms with Gasteiger partial charge in [0.1, 0.15) is 5.25 Å². The maximum atomic E-state index is 12.5. The van der Waals surface area contributed by atoms with Gasteiger partial charge >= 0.3 is 0 Å². The molecule has 1 amide bonds. The number of benzene rings is 1. The molecule has 3 heteroatoms. The summed E-state index contributed by atoms with van der Waals surface area (Å²) in [6, 6.07) is 10.7. The van der Waals surface area contributed by atoms with Crippen LogP contribution in [0.4, 0.5) is 0 Å². The average molecular weight is 289 g/mol. The Balaban J connectivity index is 1.69. The predicted octanol–water partition coefficient (Wildman–Crippen LogP) is 4.07. The van der Waals surface area contributed by atoms with Crippen molar-refractivity contribution >= 4 is 17.7 Å². The molecule has 2 aliphatic rings. The molecular weight excluding hydrogens is 266 g/mol. The van der Waals surface area contributed by atoms with Gasteiger partial charge in [-0.3, -0.25) is 4.79 Å². The maximum Gasteiger partial charge on any atom is 0.237 e. The average Bonchev–Trinajstić information content (AvgIpc) is 3.30. The van der Waals surface area contributed by atoms with Crippen LogP contribution in [0.3, 0.4) is 0 Å². The van der Waals surface area contributed by atoms with Crippen molar-refractivity contribution in [3.63, 3.8) is 0 Å². The first-order chi connectivity index (χ1) is 9.83. The van der Waals surface area contributed by atoms with Crippen LogP contribution >= 0.6 is 11.8 Å². The van der Waals surface area contributed by atoms with Gasteiger partial charge < -0.3 is 5.32 Å². The Kier molecular flexibility index (Phi) is 4.66. The van der Waals surface area contributed by atoms with Crippen LogP contribution in [-0.2, 0) is 4.79 Å². The highest BCUT2D eigenvalue weighted by molar-refractivity contribution is 8.00. The fourth-order valence-electron chi connectivity index (χ4n) is 2.82. The quantitative estimate of drug-likeness (QED) is 0.885. The summed E-state index contributed by atoms with van der Waals surface area (Å²) >= 11 is 1.88. The molecule has 2 nitrogen and oxygen atoms in total. The highest BCUT2D eigenvalue weighted by Gasteiger charge is 2.30. The summed E-state index contributed by atoms with van der Waals surface area (Å²) in [6.45, 7) is 0. The van der Waals surface area contributed by atoms with Crippen LogP contribution in [0.1, 0.15) is 55.8 Å². The van der Waals surface area contributed by atoms with Crippen molar-refractivity contribution in [1.29, 1.82) is 0 Å². The van der Waals surface area contributed by atoms with Crippen molar-refractivity contribution in [3.8, 4) is 0 Å². The smallest absolute Gasteiger partial charge is 0.237 e. The largest absolute Gasteiger partial charge is 0.352 e. The normalized spacial score (nSPS) is 21.4. The molecule has 3 rings (SSSR count). The minimum atomic E-state index is -0.0279. The van der Waals surface area contributed by atoms with Gasteiger partial charge in [0.15, 0.2) is 0 Å². The zero-order chi connectivity index (χ0) is 13.8. The van der Waals surface area contributed by atoms with E-state index in [4.69, 9.17) is 0 Å². The molecular formula is C17H23NOS. The van der Waals surface area contributed by atoms with Gasteiger partial charge in [0.2, 0.25) is 5.91 Å². The van der Waals surface area contributed by atoms with Gasteiger partial charge in [0.05, 0.1) is 0 Å². The van der Waals surface area contributed by atoms with Crippen molar-refractivity contribution < 1.29 is 4.79 Å². The van der Waals surface area contributed by atoms with Gasteiger partial charge in [-0.2, -0.15) is 0 Å². The van der Waals surface area contributed by atoms with E-state index in [9.17, 15) is 4.79 Å². The van der Waals surface area contributed by atoms with E-state index in [0.717, 1.165) is 18.4 Å². The van der Waals surface area contributed by atoms with E-state index in [2.05, 4.69) is 17.4 Å². The molecule has 1 N–H and O–H groups in total. The van der Waals surface area contributed by atoms with E-state index >= 15 is 0 Å². The number of rotatable bonds is 5. The minimum Gasteiger partial charge on any atom is -0.352 e. The first kappa shape index (κ1) is 14.0. The molecule has 1 atom stereocenters. The Morgan fingerprint density at radius 1 is 1.05 bits per heavy atom. The lowest BCUT2D eigenvalue weighted by Gasteiger charge is -2.26. The molecule has 0 spiro atoms. The van der Waals surface area contributed by atoms with Crippen LogP contribution < -0.4 is 5.32 Å². The predicted molar refractivity (Wildman–Crippen MR) is 84.8 cm³/mol. The summed E-state index contributed by atoms with van der Waals surface area (Å²) in [5, 5.41) is 3.81. The summed E-state index contributed by atoms with van der Waals surface area (Å²) < 4.78 is 0. The van der Waals surface area contributed by atoms with Crippen LogP contribution in [0.2, 0.25) is 0 Å². The standard InChI is InChI=1S/C17H23NOS/c19-17(18-14-11-12-14)16(13-7-3-1-4-8-13)20-15-9-5-2-6-10-15/h1,3-4,7-8,14-16H,2,5-6,9-12H2,(H,18,19). The van der Waals surface area contributed by atoms with E-state index in [1.165, 1.54) is 32.1 Å². The van der Waals surface area contributed by atoms with Gasteiger partial charge in [0.25, 0.3) is 0 Å². The van der Waals surface area contributed by atoms with Gasteiger partial charge in [-0.05, 0) is 31.2 Å². The van der Waals surface area contributed by atoms with E-state index < -0.39 is 0 Å². The highest BCUT2D eigenvalue weighted by atomic mass is 32.2. The first-order valence-electron chi connectivity index (χ1n) is 7.84. The molecule has 2 fully saturated rings. The molecule has 20 heavy (non-hydrogen) atoms. The number of nitrogens with one attached hydrogen (secondary N) is 1. The lowest BCUT2D eigenvalue weighted by molar-refractivity contribution is -0.120. The van der Waals surface area contributed by atoms with E-state index in [1.54, 1.807) is 0 Å². The Hall–Kier alpha value is -0.960. The van der Waals surface area contributed by atoms with Crippen molar-refractivity contribution in [3.05, 3.63) is 35.9 Å². The summed E-state index contributed by atoms with van der Waals surface area (Å²) in [5.41, 5.74) is 1.15. The van der Waals surface area contributed by atoms with Crippen molar-refractivity contribution in [2.45, 2.75) is 61.5 Å². The second-order valence-electron chi connectivity index (χ2n) is 5.97. The van der Waals surface area contributed by atoms with Crippen LogP contribution in [0.15, 0.2) is 30.3 Å². The lowest BCUT2D eigenvalue weighted by Crippen LogP contribution is -2.31. The number of hydrogen-bond donors (Lipinski definition) is 1. The van der Waals surface area contributed by atoms with Gasteiger partial charge in [0, 0.05) is 11.3 Å². The number of amides is 1. The Bertz CT molecular complexity index is 438. The maximum absolute atomic E-state index is 12.5. The van der Waals surface area contributed by atoms with E-state index in [1.807, 2.05) is 30.0 Å². The Morgan fingerprint density at radius 3 is 2.40 bits per heavy atom. The van der Waals surface area contributed by atoms with Gasteiger partial charge in [-0.15, -0.1) is 11.8 Å². The van der Waals surface area contributed by atoms with Crippen LogP contribution in [0.25, 0.3) is 0 Å². The molecule has 0 aliphatic heterocycles. The number of hydrogen-bond acceptors (Lipinski definition) is 2. The van der Waals surface area contributed by atoms with Gasteiger partial charge in [-0.1, -0.05) is 49.6 Å². The van der Waals surface area contributed by atoms with E-state index in [0.29, 0.717) is 11.3 Å². The number of thioether (sulfide) groups is 1.